The van der Waals surface area contributed by atoms with Crippen molar-refractivity contribution in [3.63, 3.8) is 0 Å². The van der Waals surface area contributed by atoms with E-state index in [0.29, 0.717) is 25.1 Å². The second-order valence-electron chi connectivity index (χ2n) is 4.60. The van der Waals surface area contributed by atoms with Crippen LogP contribution in [0.5, 0.6) is 0 Å². The van der Waals surface area contributed by atoms with Crippen molar-refractivity contribution in [1.82, 2.24) is 4.31 Å². The molecule has 1 aliphatic rings. The van der Waals surface area contributed by atoms with Crippen LogP contribution in [0.1, 0.15) is 39.0 Å². The van der Waals surface area contributed by atoms with Gasteiger partial charge in [-0.15, -0.1) is 0 Å². The van der Waals surface area contributed by atoms with Crippen LogP contribution in [0.15, 0.2) is 0 Å². The molecule has 0 radical (unpaired) electrons. The van der Waals surface area contributed by atoms with Gasteiger partial charge in [0.15, 0.2) is 0 Å². The van der Waals surface area contributed by atoms with Crippen molar-refractivity contribution in [3.05, 3.63) is 0 Å². The number of rotatable bonds is 8. The molecule has 108 valence electrons. The van der Waals surface area contributed by atoms with Gasteiger partial charge in [0.1, 0.15) is 0 Å². The topological polar surface area (TPSA) is 46.6 Å². The number of halogens is 1. The van der Waals surface area contributed by atoms with Gasteiger partial charge in [0.25, 0.3) is 0 Å². The smallest absolute Gasteiger partial charge is 0.216 e. The summed E-state index contributed by atoms with van der Waals surface area (Å²) in [5.41, 5.74) is 0. The predicted octanol–water partition coefficient (Wildman–Crippen LogP) is 2.38. The highest BCUT2D eigenvalue weighted by atomic mass is 79.9. The van der Waals surface area contributed by atoms with Crippen LogP contribution in [0.4, 0.5) is 0 Å². The Morgan fingerprint density at radius 1 is 1.28 bits per heavy atom. The Kier molecular flexibility index (Phi) is 7.75. The summed E-state index contributed by atoms with van der Waals surface area (Å²) in [5, 5.41) is 0.692. The molecule has 0 bridgehead atoms. The fraction of sp³-hybridized carbons (Fsp3) is 1.00. The maximum Gasteiger partial charge on any atom is 0.216 e. The van der Waals surface area contributed by atoms with Crippen molar-refractivity contribution in [2.24, 2.45) is 0 Å². The summed E-state index contributed by atoms with van der Waals surface area (Å²) < 4.78 is 31.5. The van der Waals surface area contributed by atoms with Crippen LogP contribution in [0.2, 0.25) is 0 Å². The van der Waals surface area contributed by atoms with E-state index in [1.807, 2.05) is 6.92 Å². The zero-order valence-electron chi connectivity index (χ0n) is 11.1. The molecule has 4 nitrogen and oxygen atoms in total. The molecule has 0 aromatic carbocycles. The Labute approximate surface area is 119 Å². The van der Waals surface area contributed by atoms with Crippen molar-refractivity contribution in [1.29, 1.82) is 0 Å². The number of hydrogen-bond donors (Lipinski definition) is 0. The molecular formula is C12H24BrNO3S. The van der Waals surface area contributed by atoms with E-state index in [-0.39, 0.29) is 11.8 Å². The summed E-state index contributed by atoms with van der Waals surface area (Å²) in [7, 11) is -3.18. The van der Waals surface area contributed by atoms with E-state index < -0.39 is 10.0 Å². The number of ether oxygens (including phenoxy) is 1. The van der Waals surface area contributed by atoms with Gasteiger partial charge in [0.05, 0.1) is 12.4 Å². The van der Waals surface area contributed by atoms with Crippen molar-refractivity contribution < 1.29 is 13.2 Å². The zero-order valence-corrected chi connectivity index (χ0v) is 13.5. The molecule has 0 N–H and O–H groups in total. The second kappa shape index (κ2) is 8.51. The molecule has 1 fully saturated rings. The molecule has 0 spiro atoms. The Bertz CT molecular complexity index is 315. The first-order chi connectivity index (χ1) is 8.61. The molecule has 6 heteroatoms. The van der Waals surface area contributed by atoms with E-state index in [9.17, 15) is 8.42 Å². The first-order valence-electron chi connectivity index (χ1n) is 6.75. The third-order valence-corrected chi connectivity index (χ3v) is 5.57. The molecule has 0 amide bonds. The summed E-state index contributed by atoms with van der Waals surface area (Å²) >= 11 is 3.35. The number of alkyl halides is 1. The van der Waals surface area contributed by atoms with E-state index in [0.717, 1.165) is 25.7 Å². The van der Waals surface area contributed by atoms with E-state index >= 15 is 0 Å². The van der Waals surface area contributed by atoms with Gasteiger partial charge in [0.2, 0.25) is 10.0 Å². The maximum atomic E-state index is 12.3. The minimum absolute atomic E-state index is 0.102. The lowest BCUT2D eigenvalue weighted by atomic mass is 9.95. The zero-order chi connectivity index (χ0) is 13.4. The standard InChI is InChI=1S/C12H24BrNO3S/c1-2-17-10-11-18(15,16)14(9-8-13)12-6-4-3-5-7-12/h12H,2-11H2,1H3. The molecule has 1 saturated carbocycles. The molecule has 1 aliphatic carbocycles. The summed E-state index contributed by atoms with van der Waals surface area (Å²) in [6, 6.07) is 0.197. The van der Waals surface area contributed by atoms with E-state index in [1.165, 1.54) is 6.42 Å². The number of nitrogens with zero attached hydrogens (tertiary/aromatic N) is 1. The van der Waals surface area contributed by atoms with Gasteiger partial charge in [-0.05, 0) is 19.8 Å². The third kappa shape index (κ3) is 5.15. The molecule has 0 heterocycles. The van der Waals surface area contributed by atoms with Crippen LogP contribution in [0, 0.1) is 0 Å². The molecule has 0 saturated heterocycles. The monoisotopic (exact) mass is 341 g/mol. The van der Waals surface area contributed by atoms with Gasteiger partial charge in [-0.2, -0.15) is 4.31 Å². The van der Waals surface area contributed by atoms with Gasteiger partial charge < -0.3 is 4.74 Å². The highest BCUT2D eigenvalue weighted by Crippen LogP contribution is 2.25. The van der Waals surface area contributed by atoms with Crippen LogP contribution in [0.3, 0.4) is 0 Å². The second-order valence-corrected chi connectivity index (χ2v) is 7.44. The Balaban J connectivity index is 2.63. The summed E-state index contributed by atoms with van der Waals surface area (Å²) in [6.45, 7) is 3.31. The van der Waals surface area contributed by atoms with Gasteiger partial charge in [0, 0.05) is 24.5 Å². The Morgan fingerprint density at radius 3 is 2.50 bits per heavy atom. The maximum absolute atomic E-state index is 12.3. The fourth-order valence-corrected chi connectivity index (χ4v) is 4.64. The highest BCUT2D eigenvalue weighted by molar-refractivity contribution is 9.09. The Morgan fingerprint density at radius 2 is 1.94 bits per heavy atom. The normalized spacial score (nSPS) is 18.4. The van der Waals surface area contributed by atoms with E-state index in [1.54, 1.807) is 4.31 Å². The largest absolute Gasteiger partial charge is 0.381 e. The summed E-state index contributed by atoms with van der Waals surface area (Å²) in [4.78, 5) is 0. The quantitative estimate of drug-likeness (QED) is 0.503. The SMILES string of the molecule is CCOCCS(=O)(=O)N(CCBr)C1CCCCC1. The number of hydrogen-bond acceptors (Lipinski definition) is 3. The first-order valence-corrected chi connectivity index (χ1v) is 9.48. The summed E-state index contributed by atoms with van der Waals surface area (Å²) in [5.74, 6) is 0.102. The van der Waals surface area contributed by atoms with Crippen LogP contribution in [-0.2, 0) is 14.8 Å². The molecule has 18 heavy (non-hydrogen) atoms. The summed E-state index contributed by atoms with van der Waals surface area (Å²) in [6.07, 6.45) is 5.52. The molecule has 1 rings (SSSR count). The van der Waals surface area contributed by atoms with Crippen LogP contribution >= 0.6 is 15.9 Å². The number of sulfonamides is 1. The minimum Gasteiger partial charge on any atom is -0.381 e. The van der Waals surface area contributed by atoms with Crippen molar-refractivity contribution >= 4 is 26.0 Å². The van der Waals surface area contributed by atoms with Gasteiger partial charge in [-0.3, -0.25) is 0 Å². The average Bonchev–Trinajstić information content (AvgIpc) is 2.37. The lowest BCUT2D eigenvalue weighted by Gasteiger charge is -2.33. The highest BCUT2D eigenvalue weighted by Gasteiger charge is 2.30. The van der Waals surface area contributed by atoms with Gasteiger partial charge >= 0.3 is 0 Å². The molecule has 0 aromatic rings. The lowest BCUT2D eigenvalue weighted by Crippen LogP contribution is -2.44. The van der Waals surface area contributed by atoms with Crippen LogP contribution in [-0.4, -0.2) is 49.6 Å². The van der Waals surface area contributed by atoms with Crippen LogP contribution in [0.25, 0.3) is 0 Å². The fourth-order valence-electron chi connectivity index (χ4n) is 2.43. The molecule has 0 unspecified atom stereocenters. The lowest BCUT2D eigenvalue weighted by molar-refractivity contribution is 0.161. The molecule has 0 atom stereocenters. The van der Waals surface area contributed by atoms with E-state index in [2.05, 4.69) is 15.9 Å². The first kappa shape index (κ1) is 16.4. The average molecular weight is 342 g/mol. The Hall–Kier alpha value is 0.350. The van der Waals surface area contributed by atoms with Crippen molar-refractivity contribution in [2.75, 3.05) is 30.8 Å². The van der Waals surface area contributed by atoms with Gasteiger partial charge in [-0.25, -0.2) is 8.42 Å². The molecular weight excluding hydrogens is 318 g/mol. The van der Waals surface area contributed by atoms with Crippen molar-refractivity contribution in [3.8, 4) is 0 Å². The van der Waals surface area contributed by atoms with Crippen LogP contribution < -0.4 is 0 Å². The van der Waals surface area contributed by atoms with E-state index in [4.69, 9.17) is 4.74 Å². The molecule has 0 aromatic heterocycles. The predicted molar refractivity (Wildman–Crippen MR) is 77.7 cm³/mol. The van der Waals surface area contributed by atoms with Gasteiger partial charge in [-0.1, -0.05) is 35.2 Å². The molecule has 0 aliphatic heterocycles. The van der Waals surface area contributed by atoms with Crippen molar-refractivity contribution in [2.45, 2.75) is 45.1 Å². The third-order valence-electron chi connectivity index (χ3n) is 3.33. The minimum atomic E-state index is -3.18.